The predicted octanol–water partition coefficient (Wildman–Crippen LogP) is 3.69. The number of nitrogens with zero attached hydrogens (tertiary/aromatic N) is 2. The highest BCUT2D eigenvalue weighted by atomic mass is 19.3. The second-order valence-corrected chi connectivity index (χ2v) is 7.24. The van der Waals surface area contributed by atoms with Crippen LogP contribution in [0.25, 0.3) is 0 Å². The highest BCUT2D eigenvalue weighted by molar-refractivity contribution is 6.33. The Kier molecular flexibility index (Phi) is 6.24. The maximum atomic E-state index is 13.4. The fourth-order valence-electron chi connectivity index (χ4n) is 3.72. The first-order chi connectivity index (χ1) is 14.2. The molecule has 30 heavy (non-hydrogen) atoms. The van der Waals surface area contributed by atoms with E-state index in [1.165, 1.54) is 24.3 Å². The first-order valence-electron chi connectivity index (χ1n) is 9.42. The van der Waals surface area contributed by atoms with Crippen LogP contribution in [-0.4, -0.2) is 36.4 Å². The number of hydrogen-bond acceptors (Lipinski definition) is 5. The molecule has 1 heterocycles. The molecule has 0 fully saturated rings. The lowest BCUT2D eigenvalue weighted by atomic mass is 9.85. The molecule has 2 radical (unpaired) electrons. The number of carboxylic acid groups (broad SMARTS) is 1. The number of aryl methyl sites for hydroxylation is 1. The molecule has 0 aromatic heterocycles. The molecular formula is C20H20BF2N3O4. The van der Waals surface area contributed by atoms with Crippen molar-refractivity contribution < 1.29 is 23.6 Å². The Morgan fingerprint density at radius 2 is 2.10 bits per heavy atom. The summed E-state index contributed by atoms with van der Waals surface area (Å²) in [6.07, 6.45) is -1.65. The Balaban J connectivity index is 2.13. The molecule has 0 spiro atoms. The minimum absolute atomic E-state index is 0.0121. The van der Waals surface area contributed by atoms with E-state index in [1.807, 2.05) is 0 Å². The number of carboxylic acids is 1. The van der Waals surface area contributed by atoms with E-state index < -0.39 is 23.4 Å². The Labute approximate surface area is 173 Å². The zero-order valence-corrected chi connectivity index (χ0v) is 16.3. The lowest BCUT2D eigenvalue weighted by molar-refractivity contribution is -0.383. The molecule has 0 amide bonds. The average Bonchev–Trinajstić information content (AvgIpc) is 2.66. The van der Waals surface area contributed by atoms with Crippen LogP contribution in [0.2, 0.25) is 0 Å². The van der Waals surface area contributed by atoms with E-state index >= 15 is 0 Å². The topological polar surface area (TPSA) is 95.7 Å². The van der Waals surface area contributed by atoms with Gasteiger partial charge in [0.2, 0.25) is 0 Å². The van der Waals surface area contributed by atoms with E-state index in [4.69, 9.17) is 13.0 Å². The number of alkyl halides is 2. The third-order valence-corrected chi connectivity index (χ3v) is 5.02. The quantitative estimate of drug-likeness (QED) is 0.407. The Hall–Kier alpha value is -3.17. The molecule has 2 aromatic carbocycles. The van der Waals surface area contributed by atoms with Gasteiger partial charge in [0.05, 0.1) is 17.0 Å². The van der Waals surface area contributed by atoms with Crippen molar-refractivity contribution in [1.82, 2.24) is 0 Å². The largest absolute Gasteiger partial charge is 0.481 e. The van der Waals surface area contributed by atoms with E-state index in [0.717, 1.165) is 5.56 Å². The highest BCUT2D eigenvalue weighted by Gasteiger charge is 2.28. The number of para-hydroxylation sites is 1. The van der Waals surface area contributed by atoms with Gasteiger partial charge in [0.1, 0.15) is 13.5 Å². The summed E-state index contributed by atoms with van der Waals surface area (Å²) in [7, 11) is 5.78. The monoisotopic (exact) mass is 415 g/mol. The Morgan fingerprint density at radius 3 is 2.73 bits per heavy atom. The van der Waals surface area contributed by atoms with Crippen LogP contribution < -0.4 is 15.7 Å². The number of fused-ring (bicyclic) bond motifs is 1. The van der Waals surface area contributed by atoms with Crippen molar-refractivity contribution in [3.05, 3.63) is 51.6 Å². The maximum absolute atomic E-state index is 13.4. The SMILES string of the molecule is [B]c1cc2c(cc1C(F)F)N(c1cccc([N+](=O)[O-])c1N[C@H](C)CC(=O)O)CCC2. The number of nitro benzene ring substituents is 1. The lowest BCUT2D eigenvalue weighted by Gasteiger charge is -2.34. The first-order valence-corrected chi connectivity index (χ1v) is 9.42. The predicted molar refractivity (Wildman–Crippen MR) is 111 cm³/mol. The molecule has 10 heteroatoms. The van der Waals surface area contributed by atoms with Crippen molar-refractivity contribution >= 4 is 42.0 Å². The number of rotatable bonds is 7. The van der Waals surface area contributed by atoms with Crippen LogP contribution in [0.5, 0.6) is 0 Å². The molecule has 0 aliphatic carbocycles. The number of nitro groups is 1. The number of anilines is 3. The molecule has 156 valence electrons. The molecule has 0 saturated carbocycles. The summed E-state index contributed by atoms with van der Waals surface area (Å²) in [6, 6.07) is 6.75. The van der Waals surface area contributed by atoms with Crippen molar-refractivity contribution in [2.24, 2.45) is 0 Å². The maximum Gasteiger partial charge on any atom is 0.305 e. The van der Waals surface area contributed by atoms with Gasteiger partial charge in [-0.2, -0.15) is 0 Å². The van der Waals surface area contributed by atoms with Crippen LogP contribution in [0.1, 0.15) is 37.3 Å². The molecule has 2 aromatic rings. The summed E-state index contributed by atoms with van der Waals surface area (Å²) in [6.45, 7) is 2.07. The number of halogens is 2. The zero-order valence-electron chi connectivity index (χ0n) is 16.3. The molecular weight excluding hydrogens is 395 g/mol. The summed E-state index contributed by atoms with van der Waals surface area (Å²) in [5, 5.41) is 23.6. The van der Waals surface area contributed by atoms with Gasteiger partial charge in [-0.05, 0) is 37.5 Å². The zero-order chi connectivity index (χ0) is 22.0. The van der Waals surface area contributed by atoms with Crippen molar-refractivity contribution in [3.63, 3.8) is 0 Å². The van der Waals surface area contributed by atoms with Crippen molar-refractivity contribution in [3.8, 4) is 0 Å². The minimum Gasteiger partial charge on any atom is -0.481 e. The molecule has 7 nitrogen and oxygen atoms in total. The third kappa shape index (κ3) is 4.37. The molecule has 0 unspecified atom stereocenters. The summed E-state index contributed by atoms with van der Waals surface area (Å²) >= 11 is 0. The van der Waals surface area contributed by atoms with E-state index in [1.54, 1.807) is 17.9 Å². The lowest BCUT2D eigenvalue weighted by Crippen LogP contribution is -2.29. The number of benzene rings is 2. The normalized spacial score (nSPS) is 14.3. The molecule has 0 bridgehead atoms. The van der Waals surface area contributed by atoms with Crippen LogP contribution in [0.4, 0.5) is 31.5 Å². The molecule has 3 rings (SSSR count). The molecule has 1 atom stereocenters. The van der Waals surface area contributed by atoms with E-state index in [2.05, 4.69) is 5.32 Å². The van der Waals surface area contributed by atoms with Crippen LogP contribution in [0.3, 0.4) is 0 Å². The Bertz CT molecular complexity index is 987. The van der Waals surface area contributed by atoms with Crippen molar-refractivity contribution in [1.29, 1.82) is 0 Å². The fraction of sp³-hybridized carbons (Fsp3) is 0.350. The average molecular weight is 415 g/mol. The van der Waals surface area contributed by atoms with Gasteiger partial charge in [0.15, 0.2) is 0 Å². The van der Waals surface area contributed by atoms with Gasteiger partial charge >= 0.3 is 5.97 Å². The van der Waals surface area contributed by atoms with Gasteiger partial charge in [-0.1, -0.05) is 17.6 Å². The van der Waals surface area contributed by atoms with Gasteiger partial charge in [-0.15, -0.1) is 0 Å². The fourth-order valence-corrected chi connectivity index (χ4v) is 3.72. The molecule has 0 saturated heterocycles. The van der Waals surface area contributed by atoms with Gasteiger partial charge in [0, 0.05) is 29.9 Å². The number of hydrogen-bond donors (Lipinski definition) is 2. The van der Waals surface area contributed by atoms with Crippen molar-refractivity contribution in [2.45, 2.75) is 38.7 Å². The van der Waals surface area contributed by atoms with E-state index in [-0.39, 0.29) is 28.8 Å². The van der Waals surface area contributed by atoms with Gasteiger partial charge < -0.3 is 15.3 Å². The van der Waals surface area contributed by atoms with E-state index in [9.17, 15) is 23.7 Å². The highest BCUT2D eigenvalue weighted by Crippen LogP contribution is 2.42. The minimum atomic E-state index is -2.75. The van der Waals surface area contributed by atoms with Gasteiger partial charge in [-0.3, -0.25) is 14.9 Å². The summed E-state index contributed by atoms with van der Waals surface area (Å²) < 4.78 is 26.8. The second kappa shape index (κ2) is 8.68. The number of carbonyl (C=O) groups is 1. The second-order valence-electron chi connectivity index (χ2n) is 7.24. The number of aliphatic carboxylic acids is 1. The van der Waals surface area contributed by atoms with Crippen LogP contribution in [-0.2, 0) is 11.2 Å². The van der Waals surface area contributed by atoms with E-state index in [0.29, 0.717) is 30.8 Å². The van der Waals surface area contributed by atoms with Gasteiger partial charge in [0.25, 0.3) is 12.1 Å². The van der Waals surface area contributed by atoms with Crippen molar-refractivity contribution in [2.75, 3.05) is 16.8 Å². The van der Waals surface area contributed by atoms with Crippen LogP contribution >= 0.6 is 0 Å². The van der Waals surface area contributed by atoms with Gasteiger partial charge in [-0.25, -0.2) is 8.78 Å². The molecule has 2 N–H and O–H groups in total. The van der Waals surface area contributed by atoms with Crippen LogP contribution in [0.15, 0.2) is 30.3 Å². The summed E-state index contributed by atoms with van der Waals surface area (Å²) in [5.41, 5.74) is 1.37. The summed E-state index contributed by atoms with van der Waals surface area (Å²) in [4.78, 5) is 23.8. The Morgan fingerprint density at radius 1 is 1.37 bits per heavy atom. The molecule has 1 aliphatic rings. The smallest absolute Gasteiger partial charge is 0.305 e. The molecule has 1 aliphatic heterocycles. The number of nitrogens with one attached hydrogen (secondary N) is 1. The third-order valence-electron chi connectivity index (χ3n) is 5.02. The summed E-state index contributed by atoms with van der Waals surface area (Å²) in [5.74, 6) is -1.05. The standard InChI is InChI=1S/C20H20BF2N3O4/c1-11(8-18(27)28)24-19-15(5-2-6-16(19)26(29)30)25-7-3-4-12-9-14(21)13(20(22)23)10-17(12)25/h2,5-6,9-11,20,24H,3-4,7-8H2,1H3,(H,27,28)/t11-/m1/s1. The first kappa shape index (κ1) is 21.5. The van der Waals surface area contributed by atoms with Crippen LogP contribution in [0, 0.1) is 10.1 Å².